The SMILES string of the molecule is CN(C)[C@@H]1C(=O)C(C(N)=O)C(=O)[C@@]2(O)C(=O)C3C(=O)c4c(O)c(CNCCC(F)(F)F)cc(-c5ncccn5)c4C[C@H]3C[C@@H]12. The van der Waals surface area contributed by atoms with E-state index >= 15 is 0 Å². The summed E-state index contributed by atoms with van der Waals surface area (Å²) in [4.78, 5) is 76.9. The van der Waals surface area contributed by atoms with E-state index in [0.29, 0.717) is 5.56 Å². The number of hydrogen-bond acceptors (Lipinski definition) is 11. The van der Waals surface area contributed by atoms with Crippen LogP contribution in [0.5, 0.6) is 5.75 Å². The lowest BCUT2D eigenvalue weighted by Gasteiger charge is -2.52. The van der Waals surface area contributed by atoms with Crippen LogP contribution in [0.2, 0.25) is 0 Å². The lowest BCUT2D eigenvalue weighted by molar-refractivity contribution is -0.181. The molecule has 3 aliphatic rings. The Kier molecular flexibility index (Phi) is 7.93. The summed E-state index contributed by atoms with van der Waals surface area (Å²) < 4.78 is 38.0. The molecule has 2 saturated carbocycles. The zero-order valence-electron chi connectivity index (χ0n) is 23.7. The van der Waals surface area contributed by atoms with Gasteiger partial charge < -0.3 is 21.3 Å². The number of alkyl halides is 3. The normalized spacial score (nSPS) is 28.5. The number of primary amides is 1. The van der Waals surface area contributed by atoms with Gasteiger partial charge in [0.15, 0.2) is 40.5 Å². The lowest BCUT2D eigenvalue weighted by atomic mass is 9.52. The van der Waals surface area contributed by atoms with E-state index in [4.69, 9.17) is 5.73 Å². The average Bonchev–Trinajstić information content (AvgIpc) is 2.93. The minimum atomic E-state index is -4.42. The summed E-state index contributed by atoms with van der Waals surface area (Å²) in [6.07, 6.45) is -2.83. The third kappa shape index (κ3) is 4.98. The Labute approximate surface area is 248 Å². The fourth-order valence-corrected chi connectivity index (χ4v) is 6.95. The molecule has 44 heavy (non-hydrogen) atoms. The number of nitrogens with two attached hydrogens (primary N) is 1. The number of aromatic nitrogens is 2. The molecular formula is C29H30F3N5O7. The van der Waals surface area contributed by atoms with E-state index in [0.717, 1.165) is 0 Å². The van der Waals surface area contributed by atoms with E-state index in [1.54, 1.807) is 6.07 Å². The van der Waals surface area contributed by atoms with Crippen molar-refractivity contribution in [3.05, 3.63) is 41.2 Å². The van der Waals surface area contributed by atoms with E-state index in [9.17, 15) is 47.4 Å². The highest BCUT2D eigenvalue weighted by Gasteiger charge is 2.69. The van der Waals surface area contributed by atoms with Gasteiger partial charge in [0.05, 0.1) is 23.9 Å². The van der Waals surface area contributed by atoms with Gasteiger partial charge in [-0.3, -0.25) is 28.9 Å². The highest BCUT2D eigenvalue weighted by molar-refractivity contribution is 6.32. The Morgan fingerprint density at radius 2 is 1.82 bits per heavy atom. The molecule has 6 atom stereocenters. The monoisotopic (exact) mass is 617 g/mol. The maximum atomic E-state index is 14.1. The van der Waals surface area contributed by atoms with Crippen LogP contribution in [0.1, 0.15) is 34.3 Å². The zero-order valence-corrected chi connectivity index (χ0v) is 23.7. The Bertz CT molecular complexity index is 1560. The van der Waals surface area contributed by atoms with Gasteiger partial charge in [-0.05, 0) is 50.6 Å². The number of nitrogens with one attached hydrogen (secondary N) is 1. The molecule has 1 heterocycles. The zero-order chi connectivity index (χ0) is 32.3. The average molecular weight is 618 g/mol. The number of phenols is 1. The number of phenolic OH excluding ortho intramolecular Hbond substituents is 1. The van der Waals surface area contributed by atoms with Crippen molar-refractivity contribution in [3.8, 4) is 17.1 Å². The summed E-state index contributed by atoms with van der Waals surface area (Å²) in [5.41, 5.74) is 2.79. The first-order valence-corrected chi connectivity index (χ1v) is 13.9. The Balaban J connectivity index is 1.62. The third-order valence-electron chi connectivity index (χ3n) is 8.85. The second-order valence-electron chi connectivity index (χ2n) is 11.7. The van der Waals surface area contributed by atoms with Crippen LogP contribution in [0, 0.1) is 23.7 Å². The summed E-state index contributed by atoms with van der Waals surface area (Å²) in [7, 11) is 2.98. The van der Waals surface area contributed by atoms with Crippen LogP contribution in [0.3, 0.4) is 0 Å². The smallest absolute Gasteiger partial charge is 0.390 e. The van der Waals surface area contributed by atoms with E-state index in [-0.39, 0.29) is 41.9 Å². The molecule has 0 saturated heterocycles. The summed E-state index contributed by atoms with van der Waals surface area (Å²) >= 11 is 0. The van der Waals surface area contributed by atoms with Crippen molar-refractivity contribution in [2.45, 2.75) is 43.6 Å². The van der Waals surface area contributed by atoms with Crippen LogP contribution in [-0.4, -0.2) is 92.6 Å². The van der Waals surface area contributed by atoms with E-state index < -0.39 is 89.2 Å². The first-order chi connectivity index (χ1) is 20.6. The molecule has 1 aromatic heterocycles. The number of ketones is 4. The molecule has 0 radical (unpaired) electrons. The topological polar surface area (TPSA) is 193 Å². The van der Waals surface area contributed by atoms with Crippen molar-refractivity contribution in [2.75, 3.05) is 20.6 Å². The molecule has 1 amide bonds. The number of amides is 1. The molecule has 1 aromatic carbocycles. The fourth-order valence-electron chi connectivity index (χ4n) is 6.95. The van der Waals surface area contributed by atoms with E-state index in [1.807, 2.05) is 0 Å². The molecule has 5 N–H and O–H groups in total. The number of rotatable bonds is 7. The predicted molar refractivity (Wildman–Crippen MR) is 145 cm³/mol. The van der Waals surface area contributed by atoms with Crippen LogP contribution in [-0.2, 0) is 32.1 Å². The van der Waals surface area contributed by atoms with Crippen molar-refractivity contribution < 1.29 is 47.4 Å². The molecule has 15 heteroatoms. The maximum absolute atomic E-state index is 14.1. The van der Waals surface area contributed by atoms with Gasteiger partial charge in [0, 0.05) is 42.5 Å². The van der Waals surface area contributed by atoms with Crippen LogP contribution in [0.4, 0.5) is 13.2 Å². The van der Waals surface area contributed by atoms with Crippen molar-refractivity contribution in [3.63, 3.8) is 0 Å². The molecule has 234 valence electrons. The van der Waals surface area contributed by atoms with Crippen LogP contribution in [0.15, 0.2) is 24.5 Å². The van der Waals surface area contributed by atoms with Gasteiger partial charge in [-0.2, -0.15) is 13.2 Å². The van der Waals surface area contributed by atoms with Gasteiger partial charge in [-0.25, -0.2) is 9.97 Å². The summed E-state index contributed by atoms with van der Waals surface area (Å²) in [5.74, 6) is -11.9. The largest absolute Gasteiger partial charge is 0.507 e. The molecule has 2 unspecified atom stereocenters. The number of likely N-dealkylation sites (N-methyl/N-ethyl adjacent to an activating group) is 1. The number of carbonyl (C=O) groups excluding carboxylic acids is 5. The molecule has 0 aliphatic heterocycles. The molecule has 5 rings (SSSR count). The first-order valence-electron chi connectivity index (χ1n) is 13.9. The van der Waals surface area contributed by atoms with Gasteiger partial charge in [0.1, 0.15) is 5.75 Å². The number of halogens is 3. The van der Waals surface area contributed by atoms with Gasteiger partial charge in [0.2, 0.25) is 5.91 Å². The van der Waals surface area contributed by atoms with Crippen molar-refractivity contribution in [2.24, 2.45) is 29.4 Å². The number of carbonyl (C=O) groups is 5. The molecule has 0 spiro atoms. The minimum Gasteiger partial charge on any atom is -0.507 e. The van der Waals surface area contributed by atoms with Crippen LogP contribution >= 0.6 is 0 Å². The fraction of sp³-hybridized carbons (Fsp3) is 0.483. The lowest BCUT2D eigenvalue weighted by Crippen LogP contribution is -2.74. The molecule has 12 nitrogen and oxygen atoms in total. The Hall–Kier alpha value is -4.08. The number of aromatic hydroxyl groups is 1. The van der Waals surface area contributed by atoms with E-state index in [2.05, 4.69) is 15.3 Å². The summed E-state index contributed by atoms with van der Waals surface area (Å²) in [6, 6.07) is 1.77. The second-order valence-corrected chi connectivity index (χ2v) is 11.7. The van der Waals surface area contributed by atoms with Gasteiger partial charge in [-0.1, -0.05) is 0 Å². The van der Waals surface area contributed by atoms with Crippen molar-refractivity contribution >= 4 is 29.0 Å². The maximum Gasteiger partial charge on any atom is 0.390 e. The number of fused-ring (bicyclic) bond motifs is 3. The van der Waals surface area contributed by atoms with Crippen LogP contribution in [0.25, 0.3) is 11.4 Å². The number of aliphatic hydroxyl groups is 1. The summed E-state index contributed by atoms with van der Waals surface area (Å²) in [5, 5.41) is 25.6. The number of nitrogens with zero attached hydrogens (tertiary/aromatic N) is 3. The molecule has 2 fully saturated rings. The van der Waals surface area contributed by atoms with Crippen molar-refractivity contribution in [1.82, 2.24) is 20.2 Å². The number of hydrogen-bond donors (Lipinski definition) is 4. The standard InChI is InChI=1S/C29H30F3N5O7/c1-37(2)20-16-10-12-8-14-15(27-35-5-3-6-36-27)9-13(11-34-7-4-28(30,31)32)21(38)18(14)22(39)17(12)24(41)29(16,44)25(42)19(23(20)40)26(33)43/h3,5-6,9,12,16-17,19-20,34,38,44H,4,7-8,10-11H2,1-2H3,(H2,33,43)/t12-,16-,17?,19?,20-,29-/m0/s1. The molecule has 3 aliphatic carbocycles. The first kappa shape index (κ1) is 31.3. The third-order valence-corrected chi connectivity index (χ3v) is 8.85. The molecule has 0 bridgehead atoms. The van der Waals surface area contributed by atoms with Gasteiger partial charge in [-0.15, -0.1) is 0 Å². The Morgan fingerprint density at radius 1 is 1.16 bits per heavy atom. The van der Waals surface area contributed by atoms with Crippen LogP contribution < -0.4 is 11.1 Å². The highest BCUT2D eigenvalue weighted by Crippen LogP contribution is 2.52. The van der Waals surface area contributed by atoms with Crippen molar-refractivity contribution in [1.29, 1.82) is 0 Å². The van der Waals surface area contributed by atoms with Gasteiger partial charge >= 0.3 is 6.18 Å². The Morgan fingerprint density at radius 3 is 2.41 bits per heavy atom. The minimum absolute atomic E-state index is 0.0191. The number of Topliss-reactive ketones (excluding diaryl/α,β-unsaturated/α-hetero) is 4. The van der Waals surface area contributed by atoms with Gasteiger partial charge in [0.25, 0.3) is 0 Å². The quantitative estimate of drug-likeness (QED) is 0.248. The second kappa shape index (κ2) is 11.1. The summed E-state index contributed by atoms with van der Waals surface area (Å²) in [6.45, 7) is -0.751. The highest BCUT2D eigenvalue weighted by atomic mass is 19.4. The molecule has 2 aromatic rings. The predicted octanol–water partition coefficient (Wildman–Crippen LogP) is 0.366. The molecular weight excluding hydrogens is 587 g/mol. The number of benzene rings is 1. The van der Waals surface area contributed by atoms with E-state index in [1.165, 1.54) is 37.5 Å².